The topological polar surface area (TPSA) is 73.6 Å². The van der Waals surface area contributed by atoms with Crippen molar-refractivity contribution in [3.63, 3.8) is 0 Å². The standard InChI is InChI=1S/C18H18O5S/c1-4-18(2)17(19)15(13-9-10-22-11-13)16(23-18)12-5-7-14(8-6-12)24(3,20)21/h5-11H,4H2,1-3H3. The van der Waals surface area contributed by atoms with Crippen LogP contribution in [0.5, 0.6) is 0 Å². The summed E-state index contributed by atoms with van der Waals surface area (Å²) in [6.45, 7) is 3.65. The Labute approximate surface area is 140 Å². The molecule has 0 N–H and O–H groups in total. The van der Waals surface area contributed by atoms with Crippen LogP contribution in [0.2, 0.25) is 0 Å². The zero-order valence-corrected chi connectivity index (χ0v) is 14.5. The van der Waals surface area contributed by atoms with Gasteiger partial charge in [0, 0.05) is 17.4 Å². The molecule has 6 heteroatoms. The Morgan fingerprint density at radius 3 is 2.25 bits per heavy atom. The zero-order valence-electron chi connectivity index (χ0n) is 13.7. The normalized spacial score (nSPS) is 21.2. The summed E-state index contributed by atoms with van der Waals surface area (Å²) in [7, 11) is -3.28. The average Bonchev–Trinajstić information content (AvgIpc) is 3.15. The number of Topliss-reactive ketones (excluding diaryl/α,β-unsaturated/α-hetero) is 1. The van der Waals surface area contributed by atoms with E-state index in [0.717, 1.165) is 6.26 Å². The first-order chi connectivity index (χ1) is 11.3. The largest absolute Gasteiger partial charge is 0.478 e. The van der Waals surface area contributed by atoms with Crippen LogP contribution < -0.4 is 0 Å². The molecule has 2 aromatic rings. The SMILES string of the molecule is CCC1(C)OC(c2ccc(S(C)(=O)=O)cc2)=C(c2ccoc2)C1=O. The summed E-state index contributed by atoms with van der Waals surface area (Å²) < 4.78 is 34.3. The molecule has 1 unspecified atom stereocenters. The van der Waals surface area contributed by atoms with Crippen molar-refractivity contribution < 1.29 is 22.4 Å². The van der Waals surface area contributed by atoms with Crippen LogP contribution in [-0.4, -0.2) is 26.1 Å². The fraction of sp³-hybridized carbons (Fsp3) is 0.278. The maximum atomic E-state index is 12.8. The minimum absolute atomic E-state index is 0.103. The fourth-order valence-corrected chi connectivity index (χ4v) is 3.28. The molecule has 0 fully saturated rings. The van der Waals surface area contributed by atoms with Crippen molar-refractivity contribution in [3.05, 3.63) is 54.0 Å². The van der Waals surface area contributed by atoms with Crippen LogP contribution in [0.4, 0.5) is 0 Å². The highest BCUT2D eigenvalue weighted by Gasteiger charge is 2.45. The van der Waals surface area contributed by atoms with E-state index in [1.807, 2.05) is 6.92 Å². The molecule has 5 nitrogen and oxygen atoms in total. The maximum Gasteiger partial charge on any atom is 0.210 e. The zero-order chi connectivity index (χ0) is 17.5. The summed E-state index contributed by atoms with van der Waals surface area (Å²) in [5.74, 6) is 0.347. The van der Waals surface area contributed by atoms with Crippen LogP contribution in [0, 0.1) is 0 Å². The van der Waals surface area contributed by atoms with Gasteiger partial charge in [0.1, 0.15) is 5.76 Å². The molecule has 24 heavy (non-hydrogen) atoms. The number of benzene rings is 1. The summed E-state index contributed by atoms with van der Waals surface area (Å²) in [6.07, 6.45) is 4.69. The van der Waals surface area contributed by atoms with Crippen LogP contribution in [-0.2, 0) is 19.4 Å². The first kappa shape index (κ1) is 16.5. The van der Waals surface area contributed by atoms with E-state index in [2.05, 4.69) is 0 Å². The van der Waals surface area contributed by atoms with Crippen molar-refractivity contribution in [2.75, 3.05) is 6.26 Å². The van der Waals surface area contributed by atoms with E-state index >= 15 is 0 Å². The Morgan fingerprint density at radius 1 is 1.08 bits per heavy atom. The van der Waals surface area contributed by atoms with Crippen molar-refractivity contribution in [2.45, 2.75) is 30.8 Å². The second-order valence-corrected chi connectivity index (χ2v) is 8.04. The van der Waals surface area contributed by atoms with E-state index < -0.39 is 15.4 Å². The summed E-state index contributed by atoms with van der Waals surface area (Å²) in [6, 6.07) is 8.05. The van der Waals surface area contributed by atoms with Crippen LogP contribution >= 0.6 is 0 Å². The number of carbonyl (C=O) groups is 1. The average molecular weight is 346 g/mol. The second-order valence-electron chi connectivity index (χ2n) is 6.03. The van der Waals surface area contributed by atoms with Gasteiger partial charge < -0.3 is 9.15 Å². The highest BCUT2D eigenvalue weighted by molar-refractivity contribution is 7.90. The quantitative estimate of drug-likeness (QED) is 0.849. The van der Waals surface area contributed by atoms with Crippen molar-refractivity contribution >= 4 is 27.0 Å². The lowest BCUT2D eigenvalue weighted by Gasteiger charge is -2.21. The third-order valence-corrected chi connectivity index (χ3v) is 5.42. The molecule has 0 aliphatic carbocycles. The van der Waals surface area contributed by atoms with E-state index in [1.54, 1.807) is 25.1 Å². The van der Waals surface area contributed by atoms with Crippen LogP contribution in [0.15, 0.2) is 52.2 Å². The smallest absolute Gasteiger partial charge is 0.210 e. The van der Waals surface area contributed by atoms with E-state index in [4.69, 9.17) is 9.15 Å². The monoisotopic (exact) mass is 346 g/mol. The number of ketones is 1. The molecule has 2 heterocycles. The van der Waals surface area contributed by atoms with Gasteiger partial charge in [-0.25, -0.2) is 8.42 Å². The lowest BCUT2D eigenvalue weighted by Crippen LogP contribution is -2.32. The Kier molecular flexibility index (Phi) is 3.87. The fourth-order valence-electron chi connectivity index (χ4n) is 2.65. The van der Waals surface area contributed by atoms with Crippen LogP contribution in [0.3, 0.4) is 0 Å². The molecule has 1 aliphatic heterocycles. The van der Waals surface area contributed by atoms with Gasteiger partial charge in [-0.1, -0.05) is 6.92 Å². The summed E-state index contributed by atoms with van der Waals surface area (Å²) in [5.41, 5.74) is 0.834. The Bertz CT molecular complexity index is 905. The molecule has 0 bridgehead atoms. The van der Waals surface area contributed by atoms with Gasteiger partial charge in [-0.2, -0.15) is 0 Å². The number of ether oxygens (including phenoxy) is 1. The summed E-state index contributed by atoms with van der Waals surface area (Å²) in [5, 5.41) is 0. The minimum atomic E-state index is -3.28. The number of hydrogen-bond donors (Lipinski definition) is 0. The Balaban J connectivity index is 2.13. The van der Waals surface area contributed by atoms with Crippen molar-refractivity contribution in [3.8, 4) is 0 Å². The predicted octanol–water partition coefficient (Wildman–Crippen LogP) is 3.32. The highest BCUT2D eigenvalue weighted by Crippen LogP contribution is 2.43. The van der Waals surface area contributed by atoms with Crippen molar-refractivity contribution in [1.29, 1.82) is 0 Å². The van der Waals surface area contributed by atoms with Gasteiger partial charge in [-0.15, -0.1) is 0 Å². The molecule has 1 aromatic heterocycles. The van der Waals surface area contributed by atoms with Crippen molar-refractivity contribution in [2.24, 2.45) is 0 Å². The molecular formula is C18H18O5S. The number of hydrogen-bond acceptors (Lipinski definition) is 5. The third kappa shape index (κ3) is 2.67. The van der Waals surface area contributed by atoms with Gasteiger partial charge >= 0.3 is 0 Å². The molecule has 0 saturated heterocycles. The Hall–Kier alpha value is -2.34. The van der Waals surface area contributed by atoms with Gasteiger partial charge in [0.05, 0.1) is 23.0 Å². The van der Waals surface area contributed by atoms with E-state index in [-0.39, 0.29) is 10.7 Å². The molecule has 0 radical (unpaired) electrons. The molecule has 126 valence electrons. The number of rotatable bonds is 4. The lowest BCUT2D eigenvalue weighted by molar-refractivity contribution is -0.126. The Morgan fingerprint density at radius 2 is 1.75 bits per heavy atom. The molecule has 0 saturated carbocycles. The third-order valence-electron chi connectivity index (χ3n) is 4.29. The molecule has 0 spiro atoms. The summed E-state index contributed by atoms with van der Waals surface area (Å²) >= 11 is 0. The number of sulfone groups is 1. The van der Waals surface area contributed by atoms with E-state index in [0.29, 0.717) is 28.9 Å². The van der Waals surface area contributed by atoms with Crippen LogP contribution in [0.25, 0.3) is 11.3 Å². The van der Waals surface area contributed by atoms with Crippen molar-refractivity contribution in [1.82, 2.24) is 0 Å². The first-order valence-corrected chi connectivity index (χ1v) is 9.46. The predicted molar refractivity (Wildman–Crippen MR) is 89.9 cm³/mol. The molecule has 1 atom stereocenters. The first-order valence-electron chi connectivity index (χ1n) is 7.57. The van der Waals surface area contributed by atoms with Gasteiger partial charge in [-0.3, -0.25) is 4.79 Å². The second kappa shape index (κ2) is 5.63. The number of furan rings is 1. The molecule has 1 aliphatic rings. The highest BCUT2D eigenvalue weighted by atomic mass is 32.2. The van der Waals surface area contributed by atoms with E-state index in [9.17, 15) is 13.2 Å². The molecule has 1 aromatic carbocycles. The van der Waals surface area contributed by atoms with Gasteiger partial charge in [0.15, 0.2) is 15.4 Å². The molecule has 0 amide bonds. The summed E-state index contributed by atoms with van der Waals surface area (Å²) in [4.78, 5) is 13.1. The van der Waals surface area contributed by atoms with Gasteiger partial charge in [-0.05, 0) is 43.7 Å². The van der Waals surface area contributed by atoms with Crippen LogP contribution in [0.1, 0.15) is 31.4 Å². The lowest BCUT2D eigenvalue weighted by atomic mass is 9.91. The van der Waals surface area contributed by atoms with Gasteiger partial charge in [0.25, 0.3) is 0 Å². The molecular weight excluding hydrogens is 328 g/mol. The number of carbonyl (C=O) groups excluding carboxylic acids is 1. The minimum Gasteiger partial charge on any atom is -0.478 e. The van der Waals surface area contributed by atoms with E-state index in [1.165, 1.54) is 24.7 Å². The van der Waals surface area contributed by atoms with Gasteiger partial charge in [0.2, 0.25) is 5.78 Å². The molecule has 3 rings (SSSR count). The maximum absolute atomic E-state index is 12.8.